The quantitative estimate of drug-likeness (QED) is 0.0593. The van der Waals surface area contributed by atoms with Crippen molar-refractivity contribution in [2.75, 3.05) is 68.1 Å². The number of morpholine rings is 2. The van der Waals surface area contributed by atoms with Crippen LogP contribution in [0, 0.1) is 0 Å². The molecule has 2 saturated heterocycles. The zero-order chi connectivity index (χ0) is 46.6. The third kappa shape index (κ3) is 12.5. The number of phenolic OH excluding ortho intramolecular Hbond substituents is 3. The maximum Gasteiger partial charge on any atom is 1.00 e. The van der Waals surface area contributed by atoms with Gasteiger partial charge in [0.2, 0.25) is 0 Å². The topological polar surface area (TPSA) is 325 Å². The minimum Gasteiger partial charge on any atom is -0.744 e. The summed E-state index contributed by atoms with van der Waals surface area (Å²) in [5, 5.41) is 63.9. The summed E-state index contributed by atoms with van der Waals surface area (Å²) < 4.78 is 85.5. The van der Waals surface area contributed by atoms with Gasteiger partial charge in [-0.25, -0.2) is 16.8 Å². The molecule has 5 N–H and O–H groups in total. The molecule has 6 aromatic carbocycles. The normalized spacial score (nSPS) is 14.9. The Bertz CT molecular complexity index is 2970. The van der Waals surface area contributed by atoms with Gasteiger partial charge in [-0.15, -0.1) is 20.5 Å². The standard InChI is InChI=1S/C42H39N11O11S2.K.Na/c43-39-38-25(21-36(65(57,58)59)40(39)50-46-28-5-1-26(2-6-28)44-48-32-11-9-30(23-34(32)54)52-13-17-63-18-14-52)22-37(66(60,61)62)41(42(38)56)51-47-29-7-3-27(4-8-29)45-49-33-12-10-31(24-35(33)55)53-15-19-64-20-16-53;;/h1-12,21-24,54-56H,13-20,43H2,(H,57,58,59)(H,60,61,62);;/q;2*+1/p-2. The molecule has 0 saturated carbocycles. The number of nitrogens with zero attached hydrogens (tertiary/aromatic N) is 10. The fourth-order valence-corrected chi connectivity index (χ4v) is 8.24. The Morgan fingerprint density at radius 3 is 1.24 bits per heavy atom. The van der Waals surface area contributed by atoms with Crippen molar-refractivity contribution < 1.29 is 132 Å². The predicted molar refractivity (Wildman–Crippen MR) is 238 cm³/mol. The van der Waals surface area contributed by atoms with Crippen molar-refractivity contribution in [3.05, 3.63) is 97.1 Å². The minimum atomic E-state index is -5.42. The summed E-state index contributed by atoms with van der Waals surface area (Å²) in [6.07, 6.45) is 0. The van der Waals surface area contributed by atoms with E-state index in [4.69, 9.17) is 15.2 Å². The molecule has 0 spiro atoms. The van der Waals surface area contributed by atoms with E-state index >= 15 is 0 Å². The first-order valence-corrected chi connectivity index (χ1v) is 22.7. The number of aromatic hydroxyl groups is 3. The molecule has 0 amide bonds. The number of fused-ring (bicyclic) bond motifs is 1. The van der Waals surface area contributed by atoms with E-state index < -0.39 is 63.6 Å². The van der Waals surface area contributed by atoms with Crippen LogP contribution in [0.3, 0.4) is 0 Å². The number of nitrogens with two attached hydrogens (primary N) is 1. The molecule has 2 fully saturated rings. The van der Waals surface area contributed by atoms with Crippen LogP contribution in [-0.4, -0.2) is 93.9 Å². The van der Waals surface area contributed by atoms with Gasteiger partial charge >= 0.3 is 80.9 Å². The van der Waals surface area contributed by atoms with Gasteiger partial charge in [0.1, 0.15) is 54.5 Å². The largest absolute Gasteiger partial charge is 1.00 e. The molecule has 0 unspecified atom stereocenters. The molecule has 6 aromatic rings. The summed E-state index contributed by atoms with van der Waals surface area (Å²) in [4.78, 5) is 2.02. The van der Waals surface area contributed by atoms with Gasteiger partial charge in [0.05, 0.1) is 70.0 Å². The second kappa shape index (κ2) is 22.7. The van der Waals surface area contributed by atoms with Crippen molar-refractivity contribution in [3.8, 4) is 17.2 Å². The molecule has 2 aliphatic rings. The summed E-state index contributed by atoms with van der Waals surface area (Å²) in [5.41, 5.74) is 7.18. The summed E-state index contributed by atoms with van der Waals surface area (Å²) in [6.45, 7) is 5.08. The van der Waals surface area contributed by atoms with E-state index in [1.165, 1.54) is 48.5 Å². The third-order valence-electron chi connectivity index (χ3n) is 10.3. The molecule has 8 rings (SSSR count). The van der Waals surface area contributed by atoms with Gasteiger partial charge in [0, 0.05) is 49.7 Å². The van der Waals surface area contributed by atoms with E-state index in [2.05, 4.69) is 50.7 Å². The summed E-state index contributed by atoms with van der Waals surface area (Å²) >= 11 is 0. The van der Waals surface area contributed by atoms with Crippen LogP contribution in [0.15, 0.2) is 148 Å². The van der Waals surface area contributed by atoms with Crippen LogP contribution >= 0.6 is 0 Å². The average molecular weight is 998 g/mol. The molecule has 0 bridgehead atoms. The van der Waals surface area contributed by atoms with Crippen molar-refractivity contribution in [3.63, 3.8) is 0 Å². The predicted octanol–water partition coefficient (Wildman–Crippen LogP) is 2.69. The number of rotatable bonds is 12. The van der Waals surface area contributed by atoms with Gasteiger partial charge in [-0.2, -0.15) is 20.5 Å². The number of hydrogen-bond acceptors (Lipinski definition) is 22. The van der Waals surface area contributed by atoms with Gasteiger partial charge in [0.25, 0.3) is 0 Å². The van der Waals surface area contributed by atoms with Gasteiger partial charge in [-0.1, -0.05) is 0 Å². The Hall–Kier alpha value is -4.84. The van der Waals surface area contributed by atoms with Gasteiger partial charge in [0.15, 0.2) is 5.75 Å². The Labute approximate surface area is 453 Å². The summed E-state index contributed by atoms with van der Waals surface area (Å²) in [6, 6.07) is 23.1. The third-order valence-corrected chi connectivity index (χ3v) is 12.0. The summed E-state index contributed by atoms with van der Waals surface area (Å²) in [7, 11) is -10.8. The molecule has 2 heterocycles. The maximum absolute atomic E-state index is 12.5. The Morgan fingerprint density at radius 1 is 0.515 bits per heavy atom. The number of hydrogen-bond donors (Lipinski definition) is 4. The smallest absolute Gasteiger partial charge is 0.744 e. The molecule has 22 nitrogen and oxygen atoms in total. The molecule has 340 valence electrons. The molecule has 0 radical (unpaired) electrons. The SMILES string of the molecule is Nc1c(N=Nc2ccc(N=Nc3ccc(N4CCOCC4)cc3O)cc2)c(S(=O)(=O)[O-])cc2cc(S(=O)(=O)[O-])c(N=Nc3ccc(N=Nc4ccc(N5CCOCC5)cc4O)cc3)c(O)c12.[K+].[Na+]. The zero-order valence-electron chi connectivity index (χ0n) is 36.4. The van der Waals surface area contributed by atoms with Crippen molar-refractivity contribution >= 4 is 93.6 Å². The molecule has 68 heavy (non-hydrogen) atoms. The number of azo groups is 4. The van der Waals surface area contributed by atoms with Gasteiger partial charge in [-0.3, -0.25) is 0 Å². The fourth-order valence-electron chi connectivity index (χ4n) is 6.93. The molecule has 2 aliphatic heterocycles. The second-order valence-electron chi connectivity index (χ2n) is 14.6. The van der Waals surface area contributed by atoms with E-state index in [9.17, 15) is 41.3 Å². The van der Waals surface area contributed by atoms with Gasteiger partial charge in [-0.05, 0) is 90.3 Å². The number of nitrogen functional groups attached to an aromatic ring is 1. The van der Waals surface area contributed by atoms with E-state index in [0.29, 0.717) is 76.1 Å². The van der Waals surface area contributed by atoms with Crippen LogP contribution in [0.5, 0.6) is 17.2 Å². The van der Waals surface area contributed by atoms with Crippen LogP contribution in [0.4, 0.5) is 62.6 Å². The first kappa shape index (κ1) is 52.5. The monoisotopic (exact) mass is 997 g/mol. The van der Waals surface area contributed by atoms with Crippen molar-refractivity contribution in [1.29, 1.82) is 0 Å². The molecular formula is C42H37KN11NaO11S2. The fraction of sp³-hybridized carbons (Fsp3) is 0.190. The van der Waals surface area contributed by atoms with Gasteiger partial charge < -0.3 is 49.4 Å². The minimum absolute atomic E-state index is 0. The van der Waals surface area contributed by atoms with Crippen molar-refractivity contribution in [2.45, 2.75) is 9.79 Å². The molecule has 0 aliphatic carbocycles. The van der Waals surface area contributed by atoms with E-state index in [0.717, 1.165) is 11.4 Å². The first-order chi connectivity index (χ1) is 31.6. The average Bonchev–Trinajstić information content (AvgIpc) is 3.30. The van der Waals surface area contributed by atoms with Crippen LogP contribution in [0.25, 0.3) is 10.8 Å². The maximum atomic E-state index is 12.5. The number of benzene rings is 6. The van der Waals surface area contributed by atoms with E-state index in [1.807, 2.05) is 12.1 Å². The van der Waals surface area contributed by atoms with E-state index in [-0.39, 0.29) is 115 Å². The first-order valence-electron chi connectivity index (χ1n) is 19.8. The number of phenols is 3. The van der Waals surface area contributed by atoms with Crippen LogP contribution in [0.2, 0.25) is 0 Å². The van der Waals surface area contributed by atoms with Crippen molar-refractivity contribution in [2.24, 2.45) is 40.9 Å². The van der Waals surface area contributed by atoms with Crippen LogP contribution < -0.4 is 96.5 Å². The second-order valence-corrected chi connectivity index (χ2v) is 17.3. The molecule has 0 atom stereocenters. The molecule has 26 heteroatoms. The number of ether oxygens (including phenoxy) is 2. The number of anilines is 3. The Balaban J connectivity index is 0.00000381. The van der Waals surface area contributed by atoms with E-state index in [1.54, 1.807) is 24.3 Å². The van der Waals surface area contributed by atoms with Crippen LogP contribution in [-0.2, 0) is 29.7 Å². The molecular weight excluding hydrogens is 961 g/mol. The van der Waals surface area contributed by atoms with Crippen molar-refractivity contribution in [1.82, 2.24) is 0 Å². The zero-order valence-corrected chi connectivity index (χ0v) is 43.1. The molecule has 0 aromatic heterocycles. The van der Waals surface area contributed by atoms with Crippen LogP contribution in [0.1, 0.15) is 0 Å². The Morgan fingerprint density at radius 2 is 0.868 bits per heavy atom. The summed E-state index contributed by atoms with van der Waals surface area (Å²) in [5.74, 6) is -1.14. The Kier molecular flexibility index (Phi) is 17.5.